The maximum absolute atomic E-state index is 11.7. The lowest BCUT2D eigenvalue weighted by molar-refractivity contribution is -0.117. The second-order valence-electron chi connectivity index (χ2n) is 5.69. The molecular weight excluding hydrogens is 316 g/mol. The summed E-state index contributed by atoms with van der Waals surface area (Å²) in [7, 11) is 0. The van der Waals surface area contributed by atoms with Gasteiger partial charge in [0.05, 0.1) is 4.34 Å². The van der Waals surface area contributed by atoms with Crippen molar-refractivity contribution in [1.29, 1.82) is 0 Å². The van der Waals surface area contributed by atoms with E-state index >= 15 is 0 Å². The monoisotopic (exact) mass is 334 g/mol. The van der Waals surface area contributed by atoms with Crippen molar-refractivity contribution in [3.05, 3.63) is 51.2 Å². The zero-order chi connectivity index (χ0) is 15.5. The van der Waals surface area contributed by atoms with Crippen LogP contribution in [-0.4, -0.2) is 5.91 Å². The van der Waals surface area contributed by atoms with Crippen molar-refractivity contribution in [2.45, 2.75) is 32.4 Å². The Balaban J connectivity index is 1.53. The third kappa shape index (κ3) is 4.09. The highest BCUT2D eigenvalue weighted by molar-refractivity contribution is 7.16. The molecule has 2 N–H and O–H groups in total. The highest BCUT2D eigenvalue weighted by atomic mass is 35.5. The molecule has 0 aliphatic heterocycles. The molecule has 1 aromatic carbocycles. The molecule has 1 atom stereocenters. The average molecular weight is 335 g/mol. The molecule has 1 aliphatic rings. The van der Waals surface area contributed by atoms with E-state index in [0.717, 1.165) is 29.4 Å². The van der Waals surface area contributed by atoms with Crippen molar-refractivity contribution in [2.24, 2.45) is 5.92 Å². The fraction of sp³-hybridized carbons (Fsp3) is 0.353. The van der Waals surface area contributed by atoms with Gasteiger partial charge in [-0.05, 0) is 49.6 Å². The van der Waals surface area contributed by atoms with Gasteiger partial charge in [0, 0.05) is 29.1 Å². The summed E-state index contributed by atoms with van der Waals surface area (Å²) in [5.74, 6) is 0.381. The SMILES string of the molecule is C[C@@H](NCc1ccc(Cl)s1)c1ccc(NC(=O)C2CC2)cc1. The van der Waals surface area contributed by atoms with E-state index in [0.29, 0.717) is 0 Å². The van der Waals surface area contributed by atoms with Crippen molar-refractivity contribution in [1.82, 2.24) is 5.32 Å². The smallest absolute Gasteiger partial charge is 0.227 e. The summed E-state index contributed by atoms with van der Waals surface area (Å²) in [6, 6.07) is 12.3. The summed E-state index contributed by atoms with van der Waals surface area (Å²) in [6.07, 6.45) is 2.05. The Morgan fingerprint density at radius 2 is 2.00 bits per heavy atom. The molecule has 0 bridgehead atoms. The lowest BCUT2D eigenvalue weighted by Gasteiger charge is -2.14. The van der Waals surface area contributed by atoms with Crippen LogP contribution in [0.4, 0.5) is 5.69 Å². The number of halogens is 1. The summed E-state index contributed by atoms with van der Waals surface area (Å²) in [4.78, 5) is 12.9. The van der Waals surface area contributed by atoms with Gasteiger partial charge in [-0.25, -0.2) is 0 Å². The van der Waals surface area contributed by atoms with Crippen molar-refractivity contribution < 1.29 is 4.79 Å². The summed E-state index contributed by atoms with van der Waals surface area (Å²) < 4.78 is 0.820. The van der Waals surface area contributed by atoms with E-state index in [9.17, 15) is 4.79 Å². The van der Waals surface area contributed by atoms with Gasteiger partial charge in [-0.3, -0.25) is 4.79 Å². The quantitative estimate of drug-likeness (QED) is 0.810. The molecule has 1 saturated carbocycles. The number of hydrogen-bond donors (Lipinski definition) is 2. The van der Waals surface area contributed by atoms with Gasteiger partial charge in [0.15, 0.2) is 0 Å². The van der Waals surface area contributed by atoms with Gasteiger partial charge in [0.25, 0.3) is 0 Å². The molecule has 22 heavy (non-hydrogen) atoms. The molecule has 1 aromatic heterocycles. The number of amides is 1. The predicted octanol–water partition coefficient (Wildman–Crippen LogP) is 4.60. The Morgan fingerprint density at radius 3 is 2.59 bits per heavy atom. The lowest BCUT2D eigenvalue weighted by Crippen LogP contribution is -2.17. The third-order valence-corrected chi connectivity index (χ3v) is 5.07. The predicted molar refractivity (Wildman–Crippen MR) is 92.4 cm³/mol. The van der Waals surface area contributed by atoms with Gasteiger partial charge in [-0.15, -0.1) is 11.3 Å². The van der Waals surface area contributed by atoms with Crippen LogP contribution in [0.1, 0.15) is 36.2 Å². The Morgan fingerprint density at radius 1 is 1.27 bits per heavy atom. The first-order valence-electron chi connectivity index (χ1n) is 7.50. The van der Waals surface area contributed by atoms with Gasteiger partial charge in [0.2, 0.25) is 5.91 Å². The number of nitrogens with one attached hydrogen (secondary N) is 2. The molecule has 0 radical (unpaired) electrons. The molecule has 3 nitrogen and oxygen atoms in total. The number of rotatable bonds is 6. The second-order valence-corrected chi connectivity index (χ2v) is 7.49. The number of thiophene rings is 1. The normalized spacial score (nSPS) is 15.5. The Hall–Kier alpha value is -1.36. The number of benzene rings is 1. The molecule has 1 amide bonds. The first-order chi connectivity index (χ1) is 10.6. The topological polar surface area (TPSA) is 41.1 Å². The van der Waals surface area contributed by atoms with Crippen molar-refractivity contribution in [3.8, 4) is 0 Å². The van der Waals surface area contributed by atoms with Crippen LogP contribution in [0, 0.1) is 5.92 Å². The molecule has 2 aromatic rings. The summed E-state index contributed by atoms with van der Waals surface area (Å²) >= 11 is 7.53. The van der Waals surface area contributed by atoms with E-state index in [4.69, 9.17) is 11.6 Å². The number of carbonyl (C=O) groups excluding carboxylic acids is 1. The molecule has 0 spiro atoms. The van der Waals surface area contributed by atoms with E-state index in [-0.39, 0.29) is 17.9 Å². The van der Waals surface area contributed by atoms with Crippen LogP contribution in [0.15, 0.2) is 36.4 Å². The van der Waals surface area contributed by atoms with Crippen LogP contribution in [0.2, 0.25) is 4.34 Å². The fourth-order valence-electron chi connectivity index (χ4n) is 2.26. The Bertz CT molecular complexity index is 649. The zero-order valence-corrected chi connectivity index (χ0v) is 14.0. The highest BCUT2D eigenvalue weighted by Crippen LogP contribution is 2.30. The fourth-order valence-corrected chi connectivity index (χ4v) is 3.30. The minimum absolute atomic E-state index is 0.147. The number of anilines is 1. The second kappa shape index (κ2) is 6.82. The van der Waals surface area contributed by atoms with Crippen molar-refractivity contribution in [2.75, 3.05) is 5.32 Å². The molecule has 1 fully saturated rings. The lowest BCUT2D eigenvalue weighted by atomic mass is 10.1. The van der Waals surface area contributed by atoms with Gasteiger partial charge < -0.3 is 10.6 Å². The Labute approximate surface area is 139 Å². The van der Waals surface area contributed by atoms with E-state index in [1.54, 1.807) is 11.3 Å². The first-order valence-corrected chi connectivity index (χ1v) is 8.69. The summed E-state index contributed by atoms with van der Waals surface area (Å²) in [6.45, 7) is 2.94. The average Bonchev–Trinajstić information content (AvgIpc) is 3.29. The van der Waals surface area contributed by atoms with Crippen molar-refractivity contribution >= 4 is 34.5 Å². The molecule has 1 aliphatic carbocycles. The van der Waals surface area contributed by atoms with Crippen LogP contribution in [0.5, 0.6) is 0 Å². The van der Waals surface area contributed by atoms with Crippen molar-refractivity contribution in [3.63, 3.8) is 0 Å². The summed E-state index contributed by atoms with van der Waals surface area (Å²) in [5.41, 5.74) is 2.07. The number of hydrogen-bond acceptors (Lipinski definition) is 3. The molecule has 0 saturated heterocycles. The van der Waals surface area contributed by atoms with Crippen LogP contribution in [-0.2, 0) is 11.3 Å². The van der Waals surface area contributed by atoms with Gasteiger partial charge in [-0.1, -0.05) is 23.7 Å². The van der Waals surface area contributed by atoms with E-state index in [1.165, 1.54) is 10.4 Å². The minimum atomic E-state index is 0.147. The van der Waals surface area contributed by atoms with Gasteiger partial charge in [-0.2, -0.15) is 0 Å². The van der Waals surface area contributed by atoms with E-state index < -0.39 is 0 Å². The van der Waals surface area contributed by atoms with E-state index in [1.807, 2.05) is 24.3 Å². The first kappa shape index (κ1) is 15.5. The van der Waals surface area contributed by atoms with Crippen LogP contribution >= 0.6 is 22.9 Å². The zero-order valence-electron chi connectivity index (χ0n) is 12.4. The standard InChI is InChI=1S/C17H19ClN2OS/c1-11(19-10-15-8-9-16(18)22-15)12-4-6-14(7-5-12)20-17(21)13-2-3-13/h4-9,11,13,19H,2-3,10H2,1H3,(H,20,21)/t11-/m1/s1. The van der Waals surface area contributed by atoms with E-state index in [2.05, 4.69) is 29.7 Å². The highest BCUT2D eigenvalue weighted by Gasteiger charge is 2.29. The summed E-state index contributed by atoms with van der Waals surface area (Å²) in [5, 5.41) is 6.44. The van der Waals surface area contributed by atoms with Crippen LogP contribution < -0.4 is 10.6 Å². The molecule has 1 heterocycles. The largest absolute Gasteiger partial charge is 0.326 e. The third-order valence-electron chi connectivity index (χ3n) is 3.84. The minimum Gasteiger partial charge on any atom is -0.326 e. The van der Waals surface area contributed by atoms with Crippen LogP contribution in [0.3, 0.4) is 0 Å². The molecule has 116 valence electrons. The maximum Gasteiger partial charge on any atom is 0.227 e. The molecule has 3 rings (SSSR count). The van der Waals surface area contributed by atoms with Gasteiger partial charge >= 0.3 is 0 Å². The number of carbonyl (C=O) groups is 1. The van der Waals surface area contributed by atoms with Gasteiger partial charge in [0.1, 0.15) is 0 Å². The Kier molecular flexibility index (Phi) is 4.81. The maximum atomic E-state index is 11.7. The molecule has 5 heteroatoms. The molecular formula is C17H19ClN2OS. The van der Waals surface area contributed by atoms with Crippen LogP contribution in [0.25, 0.3) is 0 Å². The molecule has 0 unspecified atom stereocenters.